The van der Waals surface area contributed by atoms with Crippen LogP contribution in [0.5, 0.6) is 0 Å². The zero-order chi connectivity index (χ0) is 13.0. The van der Waals surface area contributed by atoms with Crippen molar-refractivity contribution in [3.63, 3.8) is 0 Å². The number of nitrogens with one attached hydrogen (secondary N) is 1. The van der Waals surface area contributed by atoms with Gasteiger partial charge in [0, 0.05) is 17.4 Å². The molecule has 0 atom stereocenters. The summed E-state index contributed by atoms with van der Waals surface area (Å²) < 4.78 is 0. The fourth-order valence-corrected chi connectivity index (χ4v) is 1.65. The zero-order valence-electron chi connectivity index (χ0n) is 10.2. The van der Waals surface area contributed by atoms with Crippen LogP contribution in [0, 0.1) is 6.92 Å². The van der Waals surface area contributed by atoms with Gasteiger partial charge in [-0.15, -0.1) is 0 Å². The third-order valence-electron chi connectivity index (χ3n) is 2.68. The van der Waals surface area contributed by atoms with E-state index >= 15 is 0 Å². The number of amides is 1. The minimum absolute atomic E-state index is 0.146. The number of hydrogen-bond donors (Lipinski definition) is 2. The summed E-state index contributed by atoms with van der Waals surface area (Å²) >= 11 is 0. The number of rotatable bonds is 3. The van der Waals surface area contributed by atoms with E-state index < -0.39 is 0 Å². The average Bonchev–Trinajstić information content (AvgIpc) is 2.37. The third kappa shape index (κ3) is 2.85. The molecule has 0 aliphatic carbocycles. The highest BCUT2D eigenvalue weighted by Gasteiger charge is 2.06. The van der Waals surface area contributed by atoms with Crippen LogP contribution in [-0.4, -0.2) is 10.9 Å². The Labute approximate surface area is 106 Å². The van der Waals surface area contributed by atoms with Crippen LogP contribution in [0.15, 0.2) is 42.6 Å². The van der Waals surface area contributed by atoms with Gasteiger partial charge in [0.1, 0.15) is 0 Å². The molecule has 4 nitrogen and oxygen atoms in total. The first-order valence-corrected chi connectivity index (χ1v) is 5.71. The largest absolute Gasteiger partial charge is 0.399 e. The number of aryl methyl sites for hydroxylation is 1. The maximum absolute atomic E-state index is 11.9. The van der Waals surface area contributed by atoms with E-state index in [1.807, 2.05) is 19.1 Å². The van der Waals surface area contributed by atoms with Gasteiger partial charge in [0.2, 0.25) is 0 Å². The van der Waals surface area contributed by atoms with Gasteiger partial charge in [0.05, 0.1) is 12.2 Å². The van der Waals surface area contributed by atoms with Gasteiger partial charge in [-0.2, -0.15) is 0 Å². The maximum Gasteiger partial charge on any atom is 0.251 e. The smallest absolute Gasteiger partial charge is 0.251 e. The van der Waals surface area contributed by atoms with Crippen LogP contribution in [0.3, 0.4) is 0 Å². The number of nitrogens with two attached hydrogens (primary N) is 1. The summed E-state index contributed by atoms with van der Waals surface area (Å²) in [6.45, 7) is 2.38. The van der Waals surface area contributed by atoms with Crippen molar-refractivity contribution < 1.29 is 4.79 Å². The van der Waals surface area contributed by atoms with Gasteiger partial charge in [0.15, 0.2) is 0 Å². The van der Waals surface area contributed by atoms with E-state index in [1.165, 1.54) is 0 Å². The first-order chi connectivity index (χ1) is 8.66. The van der Waals surface area contributed by atoms with Gasteiger partial charge in [-0.3, -0.25) is 9.78 Å². The van der Waals surface area contributed by atoms with Gasteiger partial charge in [-0.05, 0) is 36.8 Å². The summed E-state index contributed by atoms with van der Waals surface area (Å²) in [5.41, 5.74) is 8.71. The Bertz CT molecular complexity index is 566. The molecule has 18 heavy (non-hydrogen) atoms. The zero-order valence-corrected chi connectivity index (χ0v) is 10.2. The minimum Gasteiger partial charge on any atom is -0.399 e. The summed E-state index contributed by atoms with van der Waals surface area (Å²) in [4.78, 5) is 16.1. The number of carbonyl (C=O) groups excluding carboxylic acids is 1. The molecule has 0 fully saturated rings. The van der Waals surface area contributed by atoms with Crippen LogP contribution < -0.4 is 11.1 Å². The van der Waals surface area contributed by atoms with Crippen LogP contribution in [-0.2, 0) is 6.54 Å². The second-order valence-corrected chi connectivity index (χ2v) is 4.08. The summed E-state index contributed by atoms with van der Waals surface area (Å²) in [5.74, 6) is -0.146. The van der Waals surface area contributed by atoms with E-state index in [0.717, 1.165) is 11.3 Å². The third-order valence-corrected chi connectivity index (χ3v) is 2.68. The average molecular weight is 241 g/mol. The highest BCUT2D eigenvalue weighted by Crippen LogP contribution is 2.07. The van der Waals surface area contributed by atoms with E-state index in [9.17, 15) is 4.79 Å². The fraction of sp³-hybridized carbons (Fsp3) is 0.143. The van der Waals surface area contributed by atoms with Crippen molar-refractivity contribution in [2.75, 3.05) is 5.73 Å². The molecule has 0 saturated carbocycles. The second kappa shape index (κ2) is 5.31. The van der Waals surface area contributed by atoms with E-state index in [2.05, 4.69) is 10.3 Å². The van der Waals surface area contributed by atoms with Gasteiger partial charge in [-0.1, -0.05) is 12.1 Å². The lowest BCUT2D eigenvalue weighted by atomic mass is 10.2. The molecule has 92 valence electrons. The molecule has 2 aromatic rings. The van der Waals surface area contributed by atoms with Crippen molar-refractivity contribution in [2.24, 2.45) is 0 Å². The molecule has 3 N–H and O–H groups in total. The SMILES string of the molecule is Cc1cccnc1CNC(=O)c1cccc(N)c1. The Morgan fingerprint density at radius 2 is 2.17 bits per heavy atom. The van der Waals surface area contributed by atoms with E-state index in [4.69, 9.17) is 5.73 Å². The molecule has 0 spiro atoms. The lowest BCUT2D eigenvalue weighted by Crippen LogP contribution is -2.23. The fourth-order valence-electron chi connectivity index (χ4n) is 1.65. The Morgan fingerprint density at radius 3 is 2.89 bits per heavy atom. The molecule has 1 amide bonds. The summed E-state index contributed by atoms with van der Waals surface area (Å²) in [6, 6.07) is 10.7. The number of benzene rings is 1. The van der Waals surface area contributed by atoms with Crippen LogP contribution >= 0.6 is 0 Å². The van der Waals surface area contributed by atoms with Gasteiger partial charge >= 0.3 is 0 Å². The number of anilines is 1. The van der Waals surface area contributed by atoms with Crippen molar-refractivity contribution >= 4 is 11.6 Å². The van der Waals surface area contributed by atoms with Gasteiger partial charge in [-0.25, -0.2) is 0 Å². The van der Waals surface area contributed by atoms with Crippen LogP contribution in [0.1, 0.15) is 21.6 Å². The number of carbonyl (C=O) groups is 1. The molecule has 4 heteroatoms. The number of nitrogens with zero attached hydrogens (tertiary/aromatic N) is 1. The maximum atomic E-state index is 11.9. The number of nitrogen functional groups attached to an aromatic ring is 1. The normalized spacial score (nSPS) is 10.1. The predicted octanol–water partition coefficient (Wildman–Crippen LogP) is 1.90. The highest BCUT2D eigenvalue weighted by molar-refractivity contribution is 5.94. The molecule has 1 aromatic carbocycles. The summed E-state index contributed by atoms with van der Waals surface area (Å²) in [5, 5.41) is 2.83. The van der Waals surface area contributed by atoms with Crippen LogP contribution in [0.4, 0.5) is 5.69 Å². The van der Waals surface area contributed by atoms with Gasteiger partial charge < -0.3 is 11.1 Å². The van der Waals surface area contributed by atoms with Crippen molar-refractivity contribution in [2.45, 2.75) is 13.5 Å². The monoisotopic (exact) mass is 241 g/mol. The van der Waals surface area contributed by atoms with Crippen molar-refractivity contribution in [3.8, 4) is 0 Å². The van der Waals surface area contributed by atoms with E-state index in [-0.39, 0.29) is 5.91 Å². The lowest BCUT2D eigenvalue weighted by molar-refractivity contribution is 0.0950. The highest BCUT2D eigenvalue weighted by atomic mass is 16.1. The first-order valence-electron chi connectivity index (χ1n) is 5.71. The first kappa shape index (κ1) is 12.1. The minimum atomic E-state index is -0.146. The Kier molecular flexibility index (Phi) is 3.57. The quantitative estimate of drug-likeness (QED) is 0.806. The summed E-state index contributed by atoms with van der Waals surface area (Å²) in [7, 11) is 0. The predicted molar refractivity (Wildman–Crippen MR) is 71.0 cm³/mol. The number of hydrogen-bond acceptors (Lipinski definition) is 3. The summed E-state index contributed by atoms with van der Waals surface area (Å²) in [6.07, 6.45) is 1.72. The second-order valence-electron chi connectivity index (χ2n) is 4.08. The molecule has 2 rings (SSSR count). The van der Waals surface area contributed by atoms with Crippen molar-refractivity contribution in [3.05, 3.63) is 59.4 Å². The lowest BCUT2D eigenvalue weighted by Gasteiger charge is -2.07. The van der Waals surface area contributed by atoms with Crippen LogP contribution in [0.25, 0.3) is 0 Å². The van der Waals surface area contributed by atoms with Crippen molar-refractivity contribution in [1.29, 1.82) is 0 Å². The Morgan fingerprint density at radius 1 is 1.33 bits per heavy atom. The van der Waals surface area contributed by atoms with E-state index in [1.54, 1.807) is 30.5 Å². The topological polar surface area (TPSA) is 68.0 Å². The molecule has 0 aliphatic rings. The Balaban J connectivity index is 2.03. The molecular formula is C14H15N3O. The van der Waals surface area contributed by atoms with Crippen LogP contribution in [0.2, 0.25) is 0 Å². The number of aromatic nitrogens is 1. The molecule has 0 bridgehead atoms. The van der Waals surface area contributed by atoms with Gasteiger partial charge in [0.25, 0.3) is 5.91 Å². The number of pyridine rings is 1. The molecule has 1 heterocycles. The molecule has 0 saturated heterocycles. The molecule has 0 unspecified atom stereocenters. The van der Waals surface area contributed by atoms with Crippen molar-refractivity contribution in [1.82, 2.24) is 10.3 Å². The molecule has 1 aromatic heterocycles. The molecule has 0 radical (unpaired) electrons. The Hall–Kier alpha value is -2.36. The molecular weight excluding hydrogens is 226 g/mol. The standard InChI is InChI=1S/C14H15N3O/c1-10-4-3-7-16-13(10)9-17-14(18)11-5-2-6-12(15)8-11/h2-8H,9,15H2,1H3,(H,17,18). The van der Waals surface area contributed by atoms with E-state index in [0.29, 0.717) is 17.8 Å². The molecule has 0 aliphatic heterocycles.